The standard InChI is InChI=1S/C14H17ClN6O2/c1-4-23-11(22)5-9-12(15)19-14(16)20-13(9)21(3)10-7-17-8(2)6-18-10/h6-7H,4-5H2,1-3H3,(H2,16,19,20). The molecule has 2 rings (SSSR count). The number of aromatic nitrogens is 4. The fourth-order valence-corrected chi connectivity index (χ4v) is 2.15. The van der Waals surface area contributed by atoms with Crippen LogP contribution in [0.3, 0.4) is 0 Å². The molecular weight excluding hydrogens is 320 g/mol. The lowest BCUT2D eigenvalue weighted by atomic mass is 10.2. The summed E-state index contributed by atoms with van der Waals surface area (Å²) in [6, 6.07) is 0. The van der Waals surface area contributed by atoms with Gasteiger partial charge in [-0.2, -0.15) is 4.98 Å². The zero-order chi connectivity index (χ0) is 17.0. The molecule has 9 heteroatoms. The summed E-state index contributed by atoms with van der Waals surface area (Å²) in [5.41, 5.74) is 6.88. The second-order valence-electron chi connectivity index (χ2n) is 4.73. The molecule has 2 aromatic rings. The van der Waals surface area contributed by atoms with Crippen molar-refractivity contribution >= 4 is 35.2 Å². The predicted molar refractivity (Wildman–Crippen MR) is 86.6 cm³/mol. The summed E-state index contributed by atoms with van der Waals surface area (Å²) in [5, 5.41) is 0.104. The van der Waals surface area contributed by atoms with Gasteiger partial charge in [-0.3, -0.25) is 9.78 Å². The molecule has 0 saturated carbocycles. The number of nitrogen functional groups attached to an aromatic ring is 1. The Morgan fingerprint density at radius 3 is 2.70 bits per heavy atom. The highest BCUT2D eigenvalue weighted by Gasteiger charge is 2.20. The number of hydrogen-bond donors (Lipinski definition) is 1. The Bertz CT molecular complexity index is 707. The first-order valence-electron chi connectivity index (χ1n) is 6.92. The molecule has 2 heterocycles. The molecule has 0 aliphatic carbocycles. The van der Waals surface area contributed by atoms with E-state index in [0.717, 1.165) is 5.69 Å². The van der Waals surface area contributed by atoms with Crippen molar-refractivity contribution in [3.8, 4) is 0 Å². The maximum Gasteiger partial charge on any atom is 0.310 e. The molecule has 23 heavy (non-hydrogen) atoms. The number of anilines is 3. The molecule has 0 aromatic carbocycles. The summed E-state index contributed by atoms with van der Waals surface area (Å²) < 4.78 is 4.96. The van der Waals surface area contributed by atoms with E-state index in [1.807, 2.05) is 6.92 Å². The quantitative estimate of drug-likeness (QED) is 0.649. The van der Waals surface area contributed by atoms with E-state index >= 15 is 0 Å². The van der Waals surface area contributed by atoms with E-state index in [4.69, 9.17) is 22.1 Å². The van der Waals surface area contributed by atoms with E-state index in [1.54, 1.807) is 31.3 Å². The van der Waals surface area contributed by atoms with Gasteiger partial charge in [0.1, 0.15) is 11.0 Å². The topological polar surface area (TPSA) is 107 Å². The number of aryl methyl sites for hydroxylation is 1. The molecule has 0 bridgehead atoms. The van der Waals surface area contributed by atoms with Crippen LogP contribution in [0.25, 0.3) is 0 Å². The third kappa shape index (κ3) is 4.04. The van der Waals surface area contributed by atoms with E-state index in [0.29, 0.717) is 17.2 Å². The van der Waals surface area contributed by atoms with Gasteiger partial charge in [-0.1, -0.05) is 11.6 Å². The van der Waals surface area contributed by atoms with Crippen LogP contribution in [0.5, 0.6) is 0 Å². The molecule has 0 aliphatic heterocycles. The molecular formula is C14H17ClN6O2. The van der Waals surface area contributed by atoms with Crippen molar-refractivity contribution in [3.05, 3.63) is 28.8 Å². The minimum absolute atomic E-state index is 0.00419. The minimum atomic E-state index is -0.424. The van der Waals surface area contributed by atoms with Gasteiger partial charge in [-0.25, -0.2) is 9.97 Å². The summed E-state index contributed by atoms with van der Waals surface area (Å²) >= 11 is 6.13. The molecule has 0 aliphatic rings. The predicted octanol–water partition coefficient (Wildman–Crippen LogP) is 1.68. The molecule has 0 atom stereocenters. The average Bonchev–Trinajstić information content (AvgIpc) is 2.50. The monoisotopic (exact) mass is 336 g/mol. The number of carbonyl (C=O) groups is 1. The Hall–Kier alpha value is -2.48. The maximum absolute atomic E-state index is 11.8. The van der Waals surface area contributed by atoms with Gasteiger partial charge in [0, 0.05) is 12.6 Å². The molecule has 0 unspecified atom stereocenters. The van der Waals surface area contributed by atoms with Crippen LogP contribution in [0.2, 0.25) is 5.15 Å². The molecule has 2 N–H and O–H groups in total. The molecule has 0 amide bonds. The van der Waals surface area contributed by atoms with Gasteiger partial charge in [0.05, 0.1) is 31.1 Å². The van der Waals surface area contributed by atoms with Crippen LogP contribution in [-0.2, 0) is 16.0 Å². The summed E-state index contributed by atoms with van der Waals surface area (Å²) in [7, 11) is 1.73. The van der Waals surface area contributed by atoms with Gasteiger partial charge in [-0.15, -0.1) is 0 Å². The minimum Gasteiger partial charge on any atom is -0.466 e. The van der Waals surface area contributed by atoms with Crippen molar-refractivity contribution in [2.24, 2.45) is 0 Å². The largest absolute Gasteiger partial charge is 0.466 e. The van der Waals surface area contributed by atoms with Crippen LogP contribution in [0.1, 0.15) is 18.2 Å². The summed E-state index contributed by atoms with van der Waals surface area (Å²) in [4.78, 5) is 30.0. The number of carbonyl (C=O) groups excluding carboxylic acids is 1. The van der Waals surface area contributed by atoms with Crippen molar-refractivity contribution in [2.45, 2.75) is 20.3 Å². The number of esters is 1. The molecule has 2 aromatic heterocycles. The highest BCUT2D eigenvalue weighted by Crippen LogP contribution is 2.29. The zero-order valence-corrected chi connectivity index (χ0v) is 13.8. The van der Waals surface area contributed by atoms with Crippen LogP contribution < -0.4 is 10.6 Å². The summed E-state index contributed by atoms with van der Waals surface area (Å²) in [6.07, 6.45) is 3.16. The maximum atomic E-state index is 11.8. The molecule has 122 valence electrons. The van der Waals surface area contributed by atoms with Gasteiger partial charge in [0.25, 0.3) is 0 Å². The molecule has 8 nitrogen and oxygen atoms in total. The Morgan fingerprint density at radius 1 is 1.35 bits per heavy atom. The highest BCUT2D eigenvalue weighted by atomic mass is 35.5. The first kappa shape index (κ1) is 16.9. The van der Waals surface area contributed by atoms with Crippen molar-refractivity contribution in [1.29, 1.82) is 0 Å². The van der Waals surface area contributed by atoms with Crippen LogP contribution in [0, 0.1) is 6.92 Å². The zero-order valence-electron chi connectivity index (χ0n) is 13.1. The molecule has 0 spiro atoms. The second kappa shape index (κ2) is 7.19. The van der Waals surface area contributed by atoms with Crippen molar-refractivity contribution in [2.75, 3.05) is 24.3 Å². The van der Waals surface area contributed by atoms with Gasteiger partial charge in [-0.05, 0) is 13.8 Å². The number of rotatable bonds is 5. The van der Waals surface area contributed by atoms with E-state index in [1.165, 1.54) is 0 Å². The van der Waals surface area contributed by atoms with Crippen LogP contribution >= 0.6 is 11.6 Å². The van der Waals surface area contributed by atoms with Crippen LogP contribution in [-0.4, -0.2) is 39.6 Å². The fraction of sp³-hybridized carbons (Fsp3) is 0.357. The van der Waals surface area contributed by atoms with E-state index < -0.39 is 5.97 Å². The number of halogens is 1. The summed E-state index contributed by atoms with van der Waals surface area (Å²) in [6.45, 7) is 3.84. The highest BCUT2D eigenvalue weighted by molar-refractivity contribution is 6.30. The molecule has 0 fully saturated rings. The van der Waals surface area contributed by atoms with Crippen LogP contribution in [0.4, 0.5) is 17.6 Å². The van der Waals surface area contributed by atoms with Gasteiger partial charge < -0.3 is 15.4 Å². The Kier molecular flexibility index (Phi) is 5.28. The van der Waals surface area contributed by atoms with E-state index in [9.17, 15) is 4.79 Å². The van der Waals surface area contributed by atoms with Crippen molar-refractivity contribution in [3.63, 3.8) is 0 Å². The summed E-state index contributed by atoms with van der Waals surface area (Å²) in [5.74, 6) is 0.500. The lowest BCUT2D eigenvalue weighted by Crippen LogP contribution is -2.19. The SMILES string of the molecule is CCOC(=O)Cc1c(Cl)nc(N)nc1N(C)c1cnc(C)cn1. The number of hydrogen-bond acceptors (Lipinski definition) is 8. The lowest BCUT2D eigenvalue weighted by molar-refractivity contribution is -0.142. The molecule has 0 radical (unpaired) electrons. The lowest BCUT2D eigenvalue weighted by Gasteiger charge is -2.20. The molecule has 0 saturated heterocycles. The Labute approximate surface area is 138 Å². The number of nitrogens with zero attached hydrogens (tertiary/aromatic N) is 5. The van der Waals surface area contributed by atoms with Crippen LogP contribution in [0.15, 0.2) is 12.4 Å². The Balaban J connectivity index is 2.43. The first-order valence-corrected chi connectivity index (χ1v) is 7.30. The number of nitrogens with two attached hydrogens (primary N) is 1. The normalized spacial score (nSPS) is 10.4. The number of ether oxygens (including phenoxy) is 1. The van der Waals surface area contributed by atoms with E-state index in [-0.39, 0.29) is 24.1 Å². The average molecular weight is 337 g/mol. The fourth-order valence-electron chi connectivity index (χ4n) is 1.91. The van der Waals surface area contributed by atoms with E-state index in [2.05, 4.69) is 19.9 Å². The third-order valence-corrected chi connectivity index (χ3v) is 3.32. The van der Waals surface area contributed by atoms with Gasteiger partial charge in [0.2, 0.25) is 5.95 Å². The first-order chi connectivity index (χ1) is 10.9. The van der Waals surface area contributed by atoms with Crippen molar-refractivity contribution in [1.82, 2.24) is 19.9 Å². The van der Waals surface area contributed by atoms with Crippen molar-refractivity contribution < 1.29 is 9.53 Å². The smallest absolute Gasteiger partial charge is 0.310 e. The third-order valence-electron chi connectivity index (χ3n) is 3.01. The second-order valence-corrected chi connectivity index (χ2v) is 5.09. The van der Waals surface area contributed by atoms with Gasteiger partial charge >= 0.3 is 5.97 Å². The van der Waals surface area contributed by atoms with Gasteiger partial charge in [0.15, 0.2) is 5.82 Å². The Morgan fingerprint density at radius 2 is 2.09 bits per heavy atom.